The average Bonchev–Trinajstić information content (AvgIpc) is 1.88. The number of hydrogen-bond donors (Lipinski definition) is 0. The molecule has 4 nitrogen and oxygen atoms in total. The molecule has 1 fully saturated rings. The Morgan fingerprint density at radius 2 is 2.20 bits per heavy atom. The number of carbonyl (C=O) groups is 1. The fourth-order valence-corrected chi connectivity index (χ4v) is 1.19. The summed E-state index contributed by atoms with van der Waals surface area (Å²) in [7, 11) is 0. The zero-order valence-electron chi connectivity index (χ0n) is 5.58. The second-order valence-electron chi connectivity index (χ2n) is 2.51. The van der Waals surface area contributed by atoms with Crippen molar-refractivity contribution in [2.24, 2.45) is 0 Å². The number of nitrogens with zero attached hydrogens (tertiary/aromatic N) is 1. The Balaban J connectivity index is 2.56. The number of nitro groups is 1. The van der Waals surface area contributed by atoms with E-state index >= 15 is 0 Å². The van der Waals surface area contributed by atoms with Crippen molar-refractivity contribution in [1.82, 2.24) is 0 Å². The second-order valence-corrected chi connectivity index (χ2v) is 2.51. The zero-order chi connectivity index (χ0) is 7.56. The molecule has 0 spiro atoms. The third-order valence-electron chi connectivity index (χ3n) is 1.78. The molecule has 0 aromatic carbocycles. The molecule has 0 aromatic rings. The summed E-state index contributed by atoms with van der Waals surface area (Å²) < 4.78 is 0. The minimum absolute atomic E-state index is 0.198. The molecule has 0 heterocycles. The van der Waals surface area contributed by atoms with Crippen molar-refractivity contribution in [1.29, 1.82) is 0 Å². The van der Waals surface area contributed by atoms with Gasteiger partial charge < -0.3 is 0 Å². The summed E-state index contributed by atoms with van der Waals surface area (Å²) in [5, 5.41) is 10.1. The maximum atomic E-state index is 10.8. The van der Waals surface area contributed by atoms with E-state index < -0.39 is 11.0 Å². The van der Waals surface area contributed by atoms with Crippen molar-refractivity contribution in [3.8, 4) is 0 Å². The van der Waals surface area contributed by atoms with E-state index in [0.717, 1.165) is 12.8 Å². The van der Waals surface area contributed by atoms with Crippen LogP contribution in [0.4, 0.5) is 0 Å². The first kappa shape index (κ1) is 7.18. The highest BCUT2D eigenvalue weighted by Crippen LogP contribution is 2.16. The molecule has 4 heteroatoms. The minimum atomic E-state index is -0.895. The van der Waals surface area contributed by atoms with E-state index in [0.29, 0.717) is 12.8 Å². The van der Waals surface area contributed by atoms with Crippen molar-refractivity contribution in [2.75, 3.05) is 0 Å². The molecule has 0 N–H and O–H groups in total. The van der Waals surface area contributed by atoms with Crippen LogP contribution in [0.1, 0.15) is 25.7 Å². The van der Waals surface area contributed by atoms with Gasteiger partial charge in [-0.25, -0.2) is 0 Å². The van der Waals surface area contributed by atoms with Gasteiger partial charge >= 0.3 is 0 Å². The molecule has 0 aromatic heterocycles. The van der Waals surface area contributed by atoms with E-state index in [4.69, 9.17) is 0 Å². The lowest BCUT2D eigenvalue weighted by molar-refractivity contribution is -0.509. The lowest BCUT2D eigenvalue weighted by Gasteiger charge is -2.12. The molecule has 0 bridgehead atoms. The van der Waals surface area contributed by atoms with Crippen LogP contribution in [-0.2, 0) is 4.79 Å². The number of ketones is 1. The number of carbonyl (C=O) groups excluding carboxylic acids is 1. The molecule has 1 atom stereocenters. The van der Waals surface area contributed by atoms with Crippen molar-refractivity contribution >= 4 is 5.78 Å². The van der Waals surface area contributed by atoms with Crippen LogP contribution in [0.15, 0.2) is 0 Å². The number of Topliss-reactive ketones (excluding diaryl/α,β-unsaturated/α-hetero) is 1. The molecular weight excluding hydrogens is 134 g/mol. The third kappa shape index (κ3) is 1.32. The maximum absolute atomic E-state index is 10.8. The Morgan fingerprint density at radius 3 is 2.60 bits per heavy atom. The van der Waals surface area contributed by atoms with Crippen LogP contribution < -0.4 is 0 Å². The van der Waals surface area contributed by atoms with Gasteiger partial charge in [0, 0.05) is 17.8 Å². The summed E-state index contributed by atoms with van der Waals surface area (Å²) in [4.78, 5) is 20.5. The van der Waals surface area contributed by atoms with Crippen LogP contribution in [0.2, 0.25) is 0 Å². The molecule has 0 saturated heterocycles. The van der Waals surface area contributed by atoms with Crippen LogP contribution in [0.3, 0.4) is 0 Å². The quantitative estimate of drug-likeness (QED) is 0.402. The molecule has 0 amide bonds. The molecular formula is C6H9NO3. The van der Waals surface area contributed by atoms with E-state index in [-0.39, 0.29) is 5.78 Å². The van der Waals surface area contributed by atoms with Gasteiger partial charge in [-0.2, -0.15) is 0 Å². The predicted octanol–water partition coefficient (Wildman–Crippen LogP) is 0.775. The van der Waals surface area contributed by atoms with E-state index in [1.807, 2.05) is 0 Å². The van der Waals surface area contributed by atoms with Crippen molar-refractivity contribution in [3.63, 3.8) is 0 Å². The van der Waals surface area contributed by atoms with Gasteiger partial charge in [0.2, 0.25) is 5.78 Å². The van der Waals surface area contributed by atoms with Crippen LogP contribution in [-0.4, -0.2) is 16.7 Å². The normalized spacial score (nSPS) is 26.4. The smallest absolute Gasteiger partial charge is 0.270 e. The summed E-state index contributed by atoms with van der Waals surface area (Å²) in [5.74, 6) is -0.198. The highest BCUT2D eigenvalue weighted by Gasteiger charge is 2.31. The topological polar surface area (TPSA) is 60.2 Å². The van der Waals surface area contributed by atoms with Crippen molar-refractivity contribution < 1.29 is 9.72 Å². The van der Waals surface area contributed by atoms with Gasteiger partial charge in [-0.05, 0) is 12.8 Å². The standard InChI is InChI=1S/C6H9NO3/c8-6-4-2-1-3-5(6)7(9)10/h5H,1-4H2. The molecule has 1 saturated carbocycles. The first-order valence-electron chi connectivity index (χ1n) is 3.38. The van der Waals surface area contributed by atoms with Gasteiger partial charge in [-0.1, -0.05) is 0 Å². The largest absolute Gasteiger partial charge is 0.292 e. The summed E-state index contributed by atoms with van der Waals surface area (Å²) >= 11 is 0. The molecule has 0 radical (unpaired) electrons. The van der Waals surface area contributed by atoms with Gasteiger partial charge in [0.1, 0.15) is 0 Å². The lowest BCUT2D eigenvalue weighted by Crippen LogP contribution is -2.32. The predicted molar refractivity (Wildman–Crippen MR) is 34.3 cm³/mol. The fraction of sp³-hybridized carbons (Fsp3) is 0.833. The van der Waals surface area contributed by atoms with Gasteiger partial charge in [-0.15, -0.1) is 0 Å². The van der Waals surface area contributed by atoms with Gasteiger partial charge in [0.15, 0.2) is 0 Å². The minimum Gasteiger partial charge on any atom is -0.292 e. The molecule has 10 heavy (non-hydrogen) atoms. The first-order valence-corrected chi connectivity index (χ1v) is 3.38. The van der Waals surface area contributed by atoms with Crippen LogP contribution in [0.25, 0.3) is 0 Å². The maximum Gasteiger partial charge on any atom is 0.270 e. The molecule has 1 aliphatic carbocycles. The van der Waals surface area contributed by atoms with E-state index in [2.05, 4.69) is 0 Å². The highest BCUT2D eigenvalue weighted by molar-refractivity contribution is 5.83. The zero-order valence-corrected chi connectivity index (χ0v) is 5.58. The Bertz CT molecular complexity index is 166. The monoisotopic (exact) mass is 143 g/mol. The summed E-state index contributed by atoms with van der Waals surface area (Å²) in [6.45, 7) is 0. The lowest BCUT2D eigenvalue weighted by atomic mass is 9.95. The molecule has 1 unspecified atom stereocenters. The second kappa shape index (κ2) is 2.77. The van der Waals surface area contributed by atoms with Crippen LogP contribution >= 0.6 is 0 Å². The van der Waals surface area contributed by atoms with Gasteiger partial charge in [0.05, 0.1) is 0 Å². The molecule has 1 aliphatic rings. The summed E-state index contributed by atoms with van der Waals surface area (Å²) in [6.07, 6.45) is 2.47. The summed E-state index contributed by atoms with van der Waals surface area (Å²) in [5.41, 5.74) is 0. The average molecular weight is 143 g/mol. The first-order chi connectivity index (χ1) is 4.72. The van der Waals surface area contributed by atoms with E-state index in [9.17, 15) is 14.9 Å². The van der Waals surface area contributed by atoms with E-state index in [1.165, 1.54) is 0 Å². The number of rotatable bonds is 1. The number of hydrogen-bond acceptors (Lipinski definition) is 3. The Hall–Kier alpha value is -0.930. The summed E-state index contributed by atoms with van der Waals surface area (Å²) in [6, 6.07) is -0.895. The SMILES string of the molecule is O=C1CCCCC1[N+](=O)[O-]. The third-order valence-corrected chi connectivity index (χ3v) is 1.78. The Morgan fingerprint density at radius 1 is 1.50 bits per heavy atom. The van der Waals surface area contributed by atoms with Crippen LogP contribution in [0, 0.1) is 10.1 Å². The fourth-order valence-electron chi connectivity index (χ4n) is 1.19. The van der Waals surface area contributed by atoms with Gasteiger partial charge in [-0.3, -0.25) is 14.9 Å². The van der Waals surface area contributed by atoms with E-state index in [1.54, 1.807) is 0 Å². The highest BCUT2D eigenvalue weighted by atomic mass is 16.6. The Kier molecular flexibility index (Phi) is 1.99. The van der Waals surface area contributed by atoms with Crippen molar-refractivity contribution in [2.45, 2.75) is 31.7 Å². The molecule has 1 rings (SSSR count). The molecule has 56 valence electrons. The van der Waals surface area contributed by atoms with Crippen LogP contribution in [0.5, 0.6) is 0 Å². The Labute approximate surface area is 58.4 Å². The van der Waals surface area contributed by atoms with Gasteiger partial charge in [0.25, 0.3) is 6.04 Å². The molecule has 0 aliphatic heterocycles. The van der Waals surface area contributed by atoms with Crippen molar-refractivity contribution in [3.05, 3.63) is 10.1 Å².